The van der Waals surface area contributed by atoms with Crippen LogP contribution in [0, 0.1) is 18.6 Å². The van der Waals surface area contributed by atoms with Gasteiger partial charge in [0.05, 0.1) is 0 Å². The van der Waals surface area contributed by atoms with Crippen molar-refractivity contribution in [2.75, 3.05) is 11.1 Å². The van der Waals surface area contributed by atoms with Crippen LogP contribution in [0.5, 0.6) is 0 Å². The lowest BCUT2D eigenvalue weighted by molar-refractivity contribution is 0.584. The SMILES string of the molecule is Cc1cc(N)cc(Nc2cc(F)cc(F)c2)c1. The summed E-state index contributed by atoms with van der Waals surface area (Å²) in [7, 11) is 0. The summed E-state index contributed by atoms with van der Waals surface area (Å²) in [4.78, 5) is 0. The molecule has 2 nitrogen and oxygen atoms in total. The highest BCUT2D eigenvalue weighted by molar-refractivity contribution is 5.64. The largest absolute Gasteiger partial charge is 0.399 e. The van der Waals surface area contributed by atoms with Crippen LogP contribution in [0.2, 0.25) is 0 Å². The third kappa shape index (κ3) is 2.93. The maximum atomic E-state index is 13.0. The van der Waals surface area contributed by atoms with Crippen LogP contribution in [0.25, 0.3) is 0 Å². The number of halogens is 2. The highest BCUT2D eigenvalue weighted by Gasteiger charge is 2.02. The van der Waals surface area contributed by atoms with Crippen LogP contribution in [-0.2, 0) is 0 Å². The van der Waals surface area contributed by atoms with Gasteiger partial charge in [0.25, 0.3) is 0 Å². The van der Waals surface area contributed by atoms with Gasteiger partial charge in [-0.05, 0) is 42.8 Å². The highest BCUT2D eigenvalue weighted by Crippen LogP contribution is 2.22. The van der Waals surface area contributed by atoms with E-state index < -0.39 is 11.6 Å². The van der Waals surface area contributed by atoms with Gasteiger partial charge >= 0.3 is 0 Å². The van der Waals surface area contributed by atoms with Gasteiger partial charge < -0.3 is 11.1 Å². The minimum absolute atomic E-state index is 0.354. The minimum Gasteiger partial charge on any atom is -0.399 e. The number of aryl methyl sites for hydroxylation is 1. The van der Waals surface area contributed by atoms with Gasteiger partial charge in [-0.2, -0.15) is 0 Å². The minimum atomic E-state index is -0.617. The number of nitrogens with two attached hydrogens (primary N) is 1. The van der Waals surface area contributed by atoms with E-state index in [0.717, 1.165) is 11.6 Å². The number of nitrogens with one attached hydrogen (secondary N) is 1. The fraction of sp³-hybridized carbons (Fsp3) is 0.0769. The Labute approximate surface area is 98.1 Å². The van der Waals surface area contributed by atoms with Gasteiger partial charge in [0.15, 0.2) is 0 Å². The molecule has 17 heavy (non-hydrogen) atoms. The van der Waals surface area contributed by atoms with Crippen molar-refractivity contribution in [3.05, 3.63) is 53.6 Å². The molecule has 0 fully saturated rings. The molecule has 0 radical (unpaired) electrons. The zero-order valence-electron chi connectivity index (χ0n) is 9.30. The Hall–Kier alpha value is -2.10. The molecule has 3 N–H and O–H groups in total. The van der Waals surface area contributed by atoms with Crippen molar-refractivity contribution < 1.29 is 8.78 Å². The number of hydrogen-bond acceptors (Lipinski definition) is 2. The predicted octanol–water partition coefficient (Wildman–Crippen LogP) is 3.60. The van der Waals surface area contributed by atoms with Crippen molar-refractivity contribution in [1.29, 1.82) is 0 Å². The summed E-state index contributed by atoms with van der Waals surface area (Å²) in [5.41, 5.74) is 8.32. The molecule has 2 rings (SSSR count). The number of anilines is 3. The first kappa shape index (κ1) is 11.4. The first-order valence-corrected chi connectivity index (χ1v) is 5.13. The van der Waals surface area contributed by atoms with E-state index >= 15 is 0 Å². The molecule has 0 heterocycles. The molecular weight excluding hydrogens is 222 g/mol. The molecule has 0 spiro atoms. The van der Waals surface area contributed by atoms with Gasteiger partial charge in [-0.3, -0.25) is 0 Å². The Kier molecular flexibility index (Phi) is 2.95. The average Bonchev–Trinajstić information content (AvgIpc) is 2.13. The van der Waals surface area contributed by atoms with E-state index in [1.54, 1.807) is 6.07 Å². The van der Waals surface area contributed by atoms with Crippen LogP contribution in [0.3, 0.4) is 0 Å². The van der Waals surface area contributed by atoms with Crippen molar-refractivity contribution in [3.63, 3.8) is 0 Å². The van der Waals surface area contributed by atoms with Gasteiger partial charge in [0.2, 0.25) is 0 Å². The van der Waals surface area contributed by atoms with Crippen molar-refractivity contribution in [2.24, 2.45) is 0 Å². The first-order chi connectivity index (χ1) is 8.02. The standard InChI is InChI=1S/C13H12F2N2/c1-8-2-11(16)7-12(3-8)17-13-5-9(14)4-10(15)6-13/h2-7,17H,16H2,1H3. The van der Waals surface area contributed by atoms with Gasteiger partial charge in [0.1, 0.15) is 11.6 Å². The van der Waals surface area contributed by atoms with Crippen molar-refractivity contribution >= 4 is 17.1 Å². The number of benzene rings is 2. The van der Waals surface area contributed by atoms with E-state index in [-0.39, 0.29) is 0 Å². The molecular formula is C13H12F2N2. The van der Waals surface area contributed by atoms with E-state index in [0.29, 0.717) is 17.1 Å². The summed E-state index contributed by atoms with van der Waals surface area (Å²) in [6, 6.07) is 8.64. The molecule has 0 aliphatic heterocycles. The van der Waals surface area contributed by atoms with E-state index in [1.165, 1.54) is 12.1 Å². The van der Waals surface area contributed by atoms with Gasteiger partial charge in [0, 0.05) is 23.1 Å². The fourth-order valence-electron chi connectivity index (χ4n) is 1.68. The van der Waals surface area contributed by atoms with Gasteiger partial charge in [-0.15, -0.1) is 0 Å². The molecule has 88 valence electrons. The van der Waals surface area contributed by atoms with E-state index in [1.807, 2.05) is 19.1 Å². The summed E-state index contributed by atoms with van der Waals surface area (Å²) in [5.74, 6) is -1.23. The average molecular weight is 234 g/mol. The lowest BCUT2D eigenvalue weighted by atomic mass is 10.2. The van der Waals surface area contributed by atoms with E-state index in [4.69, 9.17) is 5.73 Å². The Morgan fingerprint density at radius 2 is 1.47 bits per heavy atom. The predicted molar refractivity (Wildman–Crippen MR) is 65.2 cm³/mol. The van der Waals surface area contributed by atoms with Crippen LogP contribution in [0.4, 0.5) is 25.8 Å². The Morgan fingerprint density at radius 1 is 0.882 bits per heavy atom. The first-order valence-electron chi connectivity index (χ1n) is 5.13. The third-order valence-corrected chi connectivity index (χ3v) is 2.25. The van der Waals surface area contributed by atoms with Crippen molar-refractivity contribution in [3.8, 4) is 0 Å². The Bertz CT molecular complexity index is 463. The van der Waals surface area contributed by atoms with E-state index in [2.05, 4.69) is 5.32 Å². The fourth-order valence-corrected chi connectivity index (χ4v) is 1.68. The molecule has 0 aliphatic carbocycles. The maximum absolute atomic E-state index is 13.0. The molecule has 0 aromatic heterocycles. The molecule has 2 aromatic rings. The van der Waals surface area contributed by atoms with Crippen LogP contribution in [0.15, 0.2) is 36.4 Å². The van der Waals surface area contributed by atoms with Crippen molar-refractivity contribution in [1.82, 2.24) is 0 Å². The second-order valence-electron chi connectivity index (χ2n) is 3.92. The van der Waals surface area contributed by atoms with Crippen molar-refractivity contribution in [2.45, 2.75) is 6.92 Å². The highest BCUT2D eigenvalue weighted by atomic mass is 19.1. The Morgan fingerprint density at radius 3 is 2.06 bits per heavy atom. The van der Waals surface area contributed by atoms with Gasteiger partial charge in [-0.1, -0.05) is 0 Å². The normalized spacial score (nSPS) is 10.3. The summed E-state index contributed by atoms with van der Waals surface area (Å²) in [6.45, 7) is 1.90. The molecule has 0 atom stereocenters. The maximum Gasteiger partial charge on any atom is 0.128 e. The second kappa shape index (κ2) is 4.41. The molecule has 0 saturated carbocycles. The molecule has 0 saturated heterocycles. The lowest BCUT2D eigenvalue weighted by Gasteiger charge is -2.08. The molecule has 0 bridgehead atoms. The number of hydrogen-bond donors (Lipinski definition) is 2. The zero-order chi connectivity index (χ0) is 12.4. The van der Waals surface area contributed by atoms with Crippen LogP contribution < -0.4 is 11.1 Å². The zero-order valence-corrected chi connectivity index (χ0v) is 9.30. The molecule has 0 amide bonds. The second-order valence-corrected chi connectivity index (χ2v) is 3.92. The summed E-state index contributed by atoms with van der Waals surface area (Å²) in [6.07, 6.45) is 0. The molecule has 0 aliphatic rings. The van der Waals surface area contributed by atoms with Crippen LogP contribution in [-0.4, -0.2) is 0 Å². The monoisotopic (exact) mass is 234 g/mol. The molecule has 4 heteroatoms. The van der Waals surface area contributed by atoms with Crippen LogP contribution >= 0.6 is 0 Å². The summed E-state index contributed by atoms with van der Waals surface area (Å²) in [5, 5.41) is 2.91. The summed E-state index contributed by atoms with van der Waals surface area (Å²) >= 11 is 0. The smallest absolute Gasteiger partial charge is 0.128 e. The molecule has 2 aromatic carbocycles. The van der Waals surface area contributed by atoms with E-state index in [9.17, 15) is 8.78 Å². The quantitative estimate of drug-likeness (QED) is 0.779. The third-order valence-electron chi connectivity index (χ3n) is 2.25. The topological polar surface area (TPSA) is 38.0 Å². The number of rotatable bonds is 2. The molecule has 0 unspecified atom stereocenters. The van der Waals surface area contributed by atoms with Gasteiger partial charge in [-0.25, -0.2) is 8.78 Å². The lowest BCUT2D eigenvalue weighted by Crippen LogP contribution is -1.95. The number of nitrogen functional groups attached to an aromatic ring is 1. The van der Waals surface area contributed by atoms with Crippen LogP contribution in [0.1, 0.15) is 5.56 Å². The summed E-state index contributed by atoms with van der Waals surface area (Å²) < 4.78 is 26.0. The Balaban J connectivity index is 2.31.